The number of benzene rings is 1. The molecule has 0 aliphatic rings. The molecule has 0 saturated heterocycles. The van der Waals surface area contributed by atoms with Crippen molar-refractivity contribution in [3.8, 4) is 0 Å². The van der Waals surface area contributed by atoms with Gasteiger partial charge in [0.25, 0.3) is 0 Å². The Morgan fingerprint density at radius 3 is 2.50 bits per heavy atom. The minimum Gasteiger partial charge on any atom is -0.397 e. The van der Waals surface area contributed by atoms with Gasteiger partial charge in [0.15, 0.2) is 0 Å². The van der Waals surface area contributed by atoms with Crippen LogP contribution >= 0.6 is 0 Å². The number of anilines is 2. The molecule has 0 heterocycles. The van der Waals surface area contributed by atoms with E-state index in [4.69, 9.17) is 11.5 Å². The highest BCUT2D eigenvalue weighted by molar-refractivity contribution is 5.95. The van der Waals surface area contributed by atoms with Gasteiger partial charge in [0.05, 0.1) is 23.5 Å². The second-order valence-electron chi connectivity index (χ2n) is 3.05. The molecule has 0 unspecified atom stereocenters. The minimum absolute atomic E-state index is 0.0507. The highest BCUT2D eigenvalue weighted by Gasteiger charge is 2.30. The van der Waals surface area contributed by atoms with Crippen LogP contribution in [0.2, 0.25) is 0 Å². The van der Waals surface area contributed by atoms with E-state index in [2.05, 4.69) is 5.32 Å². The molecule has 0 atom stereocenters. The molecule has 0 bridgehead atoms. The van der Waals surface area contributed by atoms with Gasteiger partial charge in [-0.2, -0.15) is 13.2 Å². The number of amides is 1. The first-order chi connectivity index (χ1) is 7.34. The lowest BCUT2D eigenvalue weighted by atomic mass is 10.1. The number of nitrogen functional groups attached to an aromatic ring is 1. The van der Waals surface area contributed by atoms with Gasteiger partial charge in [-0.1, -0.05) is 0 Å². The molecular weight excluding hydrogens is 223 g/mol. The minimum atomic E-state index is -4.48. The van der Waals surface area contributed by atoms with E-state index >= 15 is 0 Å². The summed E-state index contributed by atoms with van der Waals surface area (Å²) in [5.41, 5.74) is 9.51. The van der Waals surface area contributed by atoms with Crippen LogP contribution in [0.5, 0.6) is 0 Å². The van der Waals surface area contributed by atoms with Crippen molar-refractivity contribution in [3.63, 3.8) is 0 Å². The molecule has 0 aromatic heterocycles. The number of nitrogens with one attached hydrogen (secondary N) is 1. The van der Waals surface area contributed by atoms with E-state index in [1.165, 1.54) is 0 Å². The molecular formula is C9H10F3N3O. The number of halogens is 3. The second-order valence-corrected chi connectivity index (χ2v) is 3.05. The topological polar surface area (TPSA) is 81.1 Å². The lowest BCUT2D eigenvalue weighted by Crippen LogP contribution is -2.22. The summed E-state index contributed by atoms with van der Waals surface area (Å²) in [4.78, 5) is 10.9. The third kappa shape index (κ3) is 2.86. The van der Waals surface area contributed by atoms with E-state index < -0.39 is 17.6 Å². The van der Waals surface area contributed by atoms with E-state index in [1.807, 2.05) is 0 Å². The van der Waals surface area contributed by atoms with E-state index in [0.717, 1.165) is 18.2 Å². The molecule has 16 heavy (non-hydrogen) atoms. The molecule has 0 aliphatic carbocycles. The van der Waals surface area contributed by atoms with Crippen LogP contribution in [0.3, 0.4) is 0 Å². The zero-order chi connectivity index (χ0) is 12.3. The van der Waals surface area contributed by atoms with Crippen LogP contribution in [-0.4, -0.2) is 12.5 Å². The highest BCUT2D eigenvalue weighted by Crippen LogP contribution is 2.32. The maximum Gasteiger partial charge on any atom is 0.416 e. The molecule has 0 fully saturated rings. The third-order valence-corrected chi connectivity index (χ3v) is 1.84. The van der Waals surface area contributed by atoms with Gasteiger partial charge in [-0.3, -0.25) is 4.79 Å². The van der Waals surface area contributed by atoms with Gasteiger partial charge in [-0.25, -0.2) is 0 Å². The molecule has 1 aromatic carbocycles. The Morgan fingerprint density at radius 2 is 2.00 bits per heavy atom. The fraction of sp³-hybridized carbons (Fsp3) is 0.222. The maximum absolute atomic E-state index is 12.3. The number of rotatable bonds is 2. The van der Waals surface area contributed by atoms with Gasteiger partial charge in [0, 0.05) is 0 Å². The number of carbonyl (C=O) groups excluding carboxylic acids is 1. The van der Waals surface area contributed by atoms with Gasteiger partial charge in [0.1, 0.15) is 0 Å². The van der Waals surface area contributed by atoms with Crippen molar-refractivity contribution in [1.29, 1.82) is 0 Å². The first-order valence-corrected chi connectivity index (χ1v) is 4.31. The molecule has 88 valence electrons. The third-order valence-electron chi connectivity index (χ3n) is 1.84. The van der Waals surface area contributed by atoms with Crippen LogP contribution in [0.4, 0.5) is 24.5 Å². The molecule has 0 aliphatic heterocycles. The van der Waals surface area contributed by atoms with Crippen LogP contribution in [0, 0.1) is 0 Å². The standard InChI is InChI=1S/C9H10F3N3O/c10-9(11,12)5-1-2-6(14)7(3-5)15-8(16)4-13/h1-3H,4,13-14H2,(H,15,16). The fourth-order valence-corrected chi connectivity index (χ4v) is 1.04. The monoisotopic (exact) mass is 233 g/mol. The van der Waals surface area contributed by atoms with Crippen LogP contribution in [0.15, 0.2) is 18.2 Å². The number of nitrogens with two attached hydrogens (primary N) is 2. The Bertz CT molecular complexity index is 403. The summed E-state index contributed by atoms with van der Waals surface area (Å²) < 4.78 is 37.0. The van der Waals surface area contributed by atoms with Crippen LogP contribution < -0.4 is 16.8 Å². The molecule has 1 amide bonds. The zero-order valence-electron chi connectivity index (χ0n) is 8.14. The summed E-state index contributed by atoms with van der Waals surface area (Å²) in [7, 11) is 0. The largest absolute Gasteiger partial charge is 0.416 e. The van der Waals surface area contributed by atoms with Crippen LogP contribution in [0.1, 0.15) is 5.56 Å². The number of carbonyl (C=O) groups is 1. The highest BCUT2D eigenvalue weighted by atomic mass is 19.4. The lowest BCUT2D eigenvalue weighted by Gasteiger charge is -2.11. The van der Waals surface area contributed by atoms with Gasteiger partial charge < -0.3 is 16.8 Å². The van der Waals surface area contributed by atoms with Crippen molar-refractivity contribution in [2.24, 2.45) is 5.73 Å². The summed E-state index contributed by atoms with van der Waals surface area (Å²) in [6, 6.07) is 2.69. The molecule has 1 rings (SSSR count). The lowest BCUT2D eigenvalue weighted by molar-refractivity contribution is -0.137. The molecule has 0 spiro atoms. The second kappa shape index (κ2) is 4.40. The zero-order valence-corrected chi connectivity index (χ0v) is 8.14. The van der Waals surface area contributed by atoms with Crippen molar-refractivity contribution in [2.45, 2.75) is 6.18 Å². The Morgan fingerprint density at radius 1 is 1.38 bits per heavy atom. The molecule has 1 aromatic rings. The van der Waals surface area contributed by atoms with E-state index in [1.54, 1.807) is 0 Å². The summed E-state index contributed by atoms with van der Waals surface area (Å²) in [6.07, 6.45) is -4.48. The van der Waals surface area contributed by atoms with Crippen LogP contribution in [0.25, 0.3) is 0 Å². The quantitative estimate of drug-likeness (QED) is 0.671. The predicted octanol–water partition coefficient (Wildman–Crippen LogP) is 1.18. The molecule has 7 heteroatoms. The molecule has 0 radical (unpaired) electrons. The van der Waals surface area contributed by atoms with Crippen molar-refractivity contribution in [3.05, 3.63) is 23.8 Å². The Hall–Kier alpha value is -1.76. The van der Waals surface area contributed by atoms with Gasteiger partial charge in [0.2, 0.25) is 5.91 Å². The normalized spacial score (nSPS) is 11.2. The summed E-state index contributed by atoms with van der Waals surface area (Å²) in [5, 5.41) is 2.18. The van der Waals surface area contributed by atoms with E-state index in [9.17, 15) is 18.0 Å². The number of hydrogen-bond acceptors (Lipinski definition) is 3. The van der Waals surface area contributed by atoms with Crippen molar-refractivity contribution in [2.75, 3.05) is 17.6 Å². The Kier molecular flexibility index (Phi) is 3.38. The number of hydrogen-bond donors (Lipinski definition) is 3. The Labute approximate surface area is 89.4 Å². The summed E-state index contributed by atoms with van der Waals surface area (Å²) in [6.45, 7) is -0.324. The summed E-state index contributed by atoms with van der Waals surface area (Å²) >= 11 is 0. The predicted molar refractivity (Wildman–Crippen MR) is 53.5 cm³/mol. The summed E-state index contributed by atoms with van der Waals surface area (Å²) in [5.74, 6) is -0.606. The average molecular weight is 233 g/mol. The first-order valence-electron chi connectivity index (χ1n) is 4.31. The molecule has 0 saturated carbocycles. The molecule has 5 N–H and O–H groups in total. The van der Waals surface area contributed by atoms with E-state index in [-0.39, 0.29) is 17.9 Å². The molecule has 4 nitrogen and oxygen atoms in total. The van der Waals surface area contributed by atoms with Gasteiger partial charge in [-0.15, -0.1) is 0 Å². The van der Waals surface area contributed by atoms with E-state index in [0.29, 0.717) is 0 Å². The Balaban J connectivity index is 3.04. The van der Waals surface area contributed by atoms with Crippen LogP contribution in [-0.2, 0) is 11.0 Å². The van der Waals surface area contributed by atoms with Crippen molar-refractivity contribution < 1.29 is 18.0 Å². The maximum atomic E-state index is 12.3. The first kappa shape index (κ1) is 12.3. The fourth-order valence-electron chi connectivity index (χ4n) is 1.04. The van der Waals surface area contributed by atoms with Crippen molar-refractivity contribution in [1.82, 2.24) is 0 Å². The van der Waals surface area contributed by atoms with Gasteiger partial charge in [-0.05, 0) is 18.2 Å². The van der Waals surface area contributed by atoms with Gasteiger partial charge >= 0.3 is 6.18 Å². The smallest absolute Gasteiger partial charge is 0.397 e. The number of alkyl halides is 3. The average Bonchev–Trinajstić information content (AvgIpc) is 2.19. The van der Waals surface area contributed by atoms with Crippen molar-refractivity contribution >= 4 is 17.3 Å². The SMILES string of the molecule is NCC(=O)Nc1cc(C(F)(F)F)ccc1N.